The summed E-state index contributed by atoms with van der Waals surface area (Å²) in [6, 6.07) is 11.6. The lowest BCUT2D eigenvalue weighted by Gasteiger charge is -2.27. The fraction of sp³-hybridized carbons (Fsp3) is 0.136. The zero-order valence-electron chi connectivity index (χ0n) is 15.8. The van der Waals surface area contributed by atoms with E-state index < -0.39 is 11.9 Å². The van der Waals surface area contributed by atoms with Crippen molar-refractivity contribution in [2.75, 3.05) is 10.7 Å². The first-order valence-corrected chi connectivity index (χ1v) is 10.1. The molecule has 5 nitrogen and oxygen atoms in total. The molecule has 1 atom stereocenters. The minimum atomic E-state index is -1.14. The molecule has 1 fully saturated rings. The fourth-order valence-electron chi connectivity index (χ4n) is 3.59. The van der Waals surface area contributed by atoms with Gasteiger partial charge in [-0.25, -0.2) is 14.2 Å². The lowest BCUT2D eigenvalue weighted by molar-refractivity contribution is -0.115. The molecular formula is C22H16F2N2O3S. The monoisotopic (exact) mass is 426 g/mol. The van der Waals surface area contributed by atoms with Crippen molar-refractivity contribution in [1.29, 1.82) is 0 Å². The number of anilines is 1. The Hall–Kier alpha value is -3.26. The number of halogens is 2. The van der Waals surface area contributed by atoms with E-state index in [2.05, 4.69) is 4.98 Å². The zero-order valence-corrected chi connectivity index (χ0v) is 16.6. The van der Waals surface area contributed by atoms with Gasteiger partial charge in [0.15, 0.2) is 0 Å². The third-order valence-corrected chi connectivity index (χ3v) is 6.18. The summed E-state index contributed by atoms with van der Waals surface area (Å²) in [6.07, 6.45) is 1.27. The Bertz CT molecular complexity index is 1130. The van der Waals surface area contributed by atoms with Crippen LogP contribution in [0.15, 0.2) is 54.7 Å². The van der Waals surface area contributed by atoms with Gasteiger partial charge in [0.2, 0.25) is 11.9 Å². The maximum absolute atomic E-state index is 13.3. The molecule has 0 radical (unpaired) electrons. The van der Waals surface area contributed by atoms with Crippen LogP contribution in [0.3, 0.4) is 0 Å². The van der Waals surface area contributed by atoms with E-state index in [-0.39, 0.29) is 28.4 Å². The topological polar surface area (TPSA) is 70.5 Å². The van der Waals surface area contributed by atoms with Crippen molar-refractivity contribution in [3.05, 3.63) is 83.2 Å². The van der Waals surface area contributed by atoms with Crippen molar-refractivity contribution in [1.82, 2.24) is 4.98 Å². The average Bonchev–Trinajstić information content (AvgIpc) is 3.10. The van der Waals surface area contributed by atoms with E-state index in [1.807, 2.05) is 0 Å². The number of pyridine rings is 1. The third kappa shape index (κ3) is 3.54. The highest BCUT2D eigenvalue weighted by Crippen LogP contribution is 2.45. The Morgan fingerprint density at radius 3 is 2.50 bits per heavy atom. The summed E-state index contributed by atoms with van der Waals surface area (Å²) >= 11 is 1.41. The lowest BCUT2D eigenvalue weighted by Crippen LogP contribution is -2.29. The number of amides is 1. The predicted molar refractivity (Wildman–Crippen MR) is 110 cm³/mol. The van der Waals surface area contributed by atoms with E-state index in [0.717, 1.165) is 11.6 Å². The number of rotatable bonds is 4. The lowest BCUT2D eigenvalue weighted by atomic mass is 9.94. The van der Waals surface area contributed by atoms with Crippen molar-refractivity contribution >= 4 is 29.3 Å². The van der Waals surface area contributed by atoms with Gasteiger partial charge in [0, 0.05) is 23.0 Å². The van der Waals surface area contributed by atoms with Crippen LogP contribution in [0.4, 0.5) is 14.5 Å². The van der Waals surface area contributed by atoms with Crippen molar-refractivity contribution in [3.8, 4) is 11.1 Å². The Labute approximate surface area is 175 Å². The minimum Gasteiger partial charge on any atom is -0.478 e. The van der Waals surface area contributed by atoms with Gasteiger partial charge < -0.3 is 5.11 Å². The number of carboxylic acids is 1. The number of carbonyl (C=O) groups is 2. The molecule has 2 heterocycles. The van der Waals surface area contributed by atoms with Gasteiger partial charge in [0.25, 0.3) is 0 Å². The van der Waals surface area contributed by atoms with Crippen LogP contribution in [0.25, 0.3) is 11.1 Å². The minimum absolute atomic E-state index is 0.0299. The van der Waals surface area contributed by atoms with E-state index in [1.165, 1.54) is 42.2 Å². The van der Waals surface area contributed by atoms with Crippen molar-refractivity contribution < 1.29 is 23.5 Å². The van der Waals surface area contributed by atoms with E-state index >= 15 is 0 Å². The summed E-state index contributed by atoms with van der Waals surface area (Å²) in [5, 5.41) is 9.29. The molecule has 3 aromatic rings. The molecule has 8 heteroatoms. The molecule has 152 valence electrons. The quantitative estimate of drug-likeness (QED) is 0.606. The molecule has 1 N–H and O–H groups in total. The number of hydrogen-bond acceptors (Lipinski definition) is 4. The first-order chi connectivity index (χ1) is 14.4. The highest BCUT2D eigenvalue weighted by molar-refractivity contribution is 8.00. The maximum Gasteiger partial charge on any atom is 0.336 e. The summed E-state index contributed by atoms with van der Waals surface area (Å²) in [6.45, 7) is 1.72. The SMILES string of the molecule is Cc1c(N2C(=O)CSC2c2ccc(F)cc2)ccc(C(=O)O)c1-c1ccc(F)nc1. The van der Waals surface area contributed by atoms with Crippen LogP contribution < -0.4 is 4.90 Å². The standard InChI is InChI=1S/C22H16F2N2O3S/c1-12-17(26-19(27)11-30-21(26)13-2-5-15(23)6-3-13)8-7-16(22(28)29)20(12)14-4-9-18(24)25-10-14/h2-10,21H,11H2,1H3,(H,28,29). The summed E-state index contributed by atoms with van der Waals surface area (Å²) in [5.41, 5.74) is 2.71. The Kier molecular flexibility index (Phi) is 5.26. The number of aromatic carboxylic acids is 1. The zero-order chi connectivity index (χ0) is 21.4. The summed E-state index contributed by atoms with van der Waals surface area (Å²) in [5.74, 6) is -2.07. The molecule has 1 aliphatic heterocycles. The molecular weight excluding hydrogens is 410 g/mol. The second-order valence-electron chi connectivity index (χ2n) is 6.79. The van der Waals surface area contributed by atoms with E-state index in [9.17, 15) is 23.5 Å². The number of carbonyl (C=O) groups excluding carboxylic acids is 1. The van der Waals surface area contributed by atoms with E-state index in [0.29, 0.717) is 22.4 Å². The molecule has 1 aromatic heterocycles. The number of hydrogen-bond donors (Lipinski definition) is 1. The second-order valence-corrected chi connectivity index (χ2v) is 7.85. The third-order valence-electron chi connectivity index (χ3n) is 4.97. The first-order valence-electron chi connectivity index (χ1n) is 9.05. The maximum atomic E-state index is 13.3. The van der Waals surface area contributed by atoms with Crippen molar-refractivity contribution in [2.24, 2.45) is 0 Å². The van der Waals surface area contributed by atoms with Gasteiger partial charge in [-0.1, -0.05) is 12.1 Å². The largest absolute Gasteiger partial charge is 0.478 e. The molecule has 1 saturated heterocycles. The molecule has 4 rings (SSSR count). The van der Waals surface area contributed by atoms with Crippen LogP contribution in [-0.2, 0) is 4.79 Å². The smallest absolute Gasteiger partial charge is 0.336 e. The van der Waals surface area contributed by atoms with Crippen LogP contribution in [0.1, 0.15) is 26.9 Å². The van der Waals surface area contributed by atoms with E-state index in [4.69, 9.17) is 0 Å². The van der Waals surface area contributed by atoms with Crippen LogP contribution in [0.5, 0.6) is 0 Å². The van der Waals surface area contributed by atoms with Gasteiger partial charge in [0.1, 0.15) is 11.2 Å². The number of benzene rings is 2. The van der Waals surface area contributed by atoms with Gasteiger partial charge >= 0.3 is 5.97 Å². The summed E-state index contributed by atoms with van der Waals surface area (Å²) < 4.78 is 26.6. The van der Waals surface area contributed by atoms with Gasteiger partial charge in [-0.05, 0) is 54.4 Å². The highest BCUT2D eigenvalue weighted by atomic mass is 32.2. The summed E-state index contributed by atoms with van der Waals surface area (Å²) in [7, 11) is 0. The summed E-state index contributed by atoms with van der Waals surface area (Å²) in [4.78, 5) is 29.8. The molecule has 30 heavy (non-hydrogen) atoms. The van der Waals surface area contributed by atoms with Crippen molar-refractivity contribution in [2.45, 2.75) is 12.3 Å². The van der Waals surface area contributed by atoms with Gasteiger partial charge in [-0.15, -0.1) is 11.8 Å². The van der Waals surface area contributed by atoms with E-state index in [1.54, 1.807) is 30.0 Å². The van der Waals surface area contributed by atoms with Gasteiger partial charge in [-0.2, -0.15) is 4.39 Å². The average molecular weight is 426 g/mol. The van der Waals surface area contributed by atoms with Gasteiger partial charge in [-0.3, -0.25) is 9.69 Å². The van der Waals surface area contributed by atoms with Crippen LogP contribution in [0, 0.1) is 18.7 Å². The number of nitrogens with zero attached hydrogens (tertiary/aromatic N) is 2. The molecule has 2 aromatic carbocycles. The molecule has 0 bridgehead atoms. The number of aromatic nitrogens is 1. The van der Waals surface area contributed by atoms with Crippen LogP contribution in [-0.4, -0.2) is 27.7 Å². The van der Waals surface area contributed by atoms with Crippen LogP contribution >= 0.6 is 11.8 Å². The fourth-order valence-corrected chi connectivity index (χ4v) is 4.76. The Morgan fingerprint density at radius 2 is 1.87 bits per heavy atom. The predicted octanol–water partition coefficient (Wildman–Crippen LogP) is 4.81. The number of thioether (sulfide) groups is 1. The van der Waals surface area contributed by atoms with Crippen molar-refractivity contribution in [3.63, 3.8) is 0 Å². The molecule has 0 saturated carbocycles. The molecule has 0 aliphatic carbocycles. The Morgan fingerprint density at radius 1 is 1.13 bits per heavy atom. The highest BCUT2D eigenvalue weighted by Gasteiger charge is 2.35. The normalized spacial score (nSPS) is 16.2. The molecule has 1 unspecified atom stereocenters. The van der Waals surface area contributed by atoms with Gasteiger partial charge in [0.05, 0.1) is 11.3 Å². The number of carboxylic acid groups (broad SMARTS) is 1. The second kappa shape index (κ2) is 7.87. The first kappa shape index (κ1) is 20.0. The molecule has 1 aliphatic rings. The molecule has 0 spiro atoms. The Balaban J connectivity index is 1.86. The molecule has 1 amide bonds. The van der Waals surface area contributed by atoms with Crippen LogP contribution in [0.2, 0.25) is 0 Å².